The summed E-state index contributed by atoms with van der Waals surface area (Å²) < 4.78 is 13.7. The van der Waals surface area contributed by atoms with Crippen LogP contribution in [0.4, 0.5) is 4.39 Å². The van der Waals surface area contributed by atoms with Gasteiger partial charge in [-0.25, -0.2) is 0 Å². The molecule has 1 nitrogen and oxygen atoms in total. The second-order valence-corrected chi connectivity index (χ2v) is 4.49. The van der Waals surface area contributed by atoms with Gasteiger partial charge >= 0.3 is 0 Å². The number of benzene rings is 1. The van der Waals surface area contributed by atoms with E-state index in [-0.39, 0.29) is 10.9 Å². The van der Waals surface area contributed by atoms with Gasteiger partial charge in [0.15, 0.2) is 5.13 Å². The molecule has 0 aliphatic heterocycles. The summed E-state index contributed by atoms with van der Waals surface area (Å²) in [6.07, 6.45) is 1.91. The molecule has 0 aliphatic carbocycles. The van der Waals surface area contributed by atoms with Crippen LogP contribution in [0.5, 0.6) is 5.75 Å². The molecular weight excluding hydrogens is 207 g/mol. The van der Waals surface area contributed by atoms with E-state index in [0.717, 1.165) is 26.3 Å². The van der Waals surface area contributed by atoms with Crippen molar-refractivity contribution < 1.29 is 9.50 Å². The van der Waals surface area contributed by atoms with Crippen molar-refractivity contribution in [3.05, 3.63) is 23.3 Å². The average Bonchev–Trinajstić information content (AvgIpc) is 2.43. The van der Waals surface area contributed by atoms with Gasteiger partial charge in [-0.2, -0.15) is 4.39 Å². The minimum atomic E-state index is -0.212. The SMILES string of the molecule is CSc1cc(O)cc2sc(F)cc12. The number of halogens is 1. The van der Waals surface area contributed by atoms with Gasteiger partial charge in [0, 0.05) is 15.0 Å². The number of fused-ring (bicyclic) bond motifs is 1. The van der Waals surface area contributed by atoms with E-state index < -0.39 is 0 Å². The van der Waals surface area contributed by atoms with Crippen LogP contribution < -0.4 is 0 Å². The Morgan fingerprint density at radius 2 is 2.15 bits per heavy atom. The standard InChI is InChI=1S/C9H7FOS2/c1-12-7-2-5(11)3-8-6(7)4-9(10)13-8/h2-4,11H,1H3. The molecule has 1 N–H and O–H groups in total. The lowest BCUT2D eigenvalue weighted by molar-refractivity contribution is 0.475. The first-order valence-corrected chi connectivity index (χ1v) is 5.71. The van der Waals surface area contributed by atoms with Crippen molar-refractivity contribution in [2.75, 3.05) is 6.26 Å². The second kappa shape index (κ2) is 3.20. The molecule has 2 rings (SSSR count). The van der Waals surface area contributed by atoms with Crippen molar-refractivity contribution in [1.82, 2.24) is 0 Å². The quantitative estimate of drug-likeness (QED) is 0.733. The van der Waals surface area contributed by atoms with Gasteiger partial charge in [0.1, 0.15) is 5.75 Å². The molecule has 0 bridgehead atoms. The molecule has 4 heteroatoms. The van der Waals surface area contributed by atoms with E-state index in [0.29, 0.717) is 0 Å². The van der Waals surface area contributed by atoms with Crippen LogP contribution in [0.15, 0.2) is 23.1 Å². The summed E-state index contributed by atoms with van der Waals surface area (Å²) >= 11 is 2.56. The molecule has 1 aromatic carbocycles. The number of rotatable bonds is 1. The lowest BCUT2D eigenvalue weighted by Gasteiger charge is -1.99. The van der Waals surface area contributed by atoms with Gasteiger partial charge in [0.05, 0.1) is 0 Å². The predicted molar refractivity (Wildman–Crippen MR) is 55.2 cm³/mol. The molecule has 0 aliphatic rings. The van der Waals surface area contributed by atoms with Crippen LogP contribution in [-0.2, 0) is 0 Å². The summed E-state index contributed by atoms with van der Waals surface area (Å²) in [5.41, 5.74) is 0. The van der Waals surface area contributed by atoms with Crippen molar-refractivity contribution in [1.29, 1.82) is 0 Å². The Morgan fingerprint density at radius 1 is 1.38 bits per heavy atom. The Hall–Kier alpha value is -0.740. The molecule has 0 amide bonds. The summed E-state index contributed by atoms with van der Waals surface area (Å²) in [5.74, 6) is 0.193. The minimum Gasteiger partial charge on any atom is -0.508 e. The zero-order chi connectivity index (χ0) is 9.42. The molecule has 0 atom stereocenters. The number of thiophene rings is 1. The molecule has 1 heterocycles. The topological polar surface area (TPSA) is 20.2 Å². The van der Waals surface area contributed by atoms with E-state index in [2.05, 4.69) is 0 Å². The summed E-state index contributed by atoms with van der Waals surface area (Å²) in [7, 11) is 0. The first kappa shape index (κ1) is 8.84. The Balaban J connectivity index is 2.80. The summed E-state index contributed by atoms with van der Waals surface area (Å²) in [6.45, 7) is 0. The largest absolute Gasteiger partial charge is 0.508 e. The highest BCUT2D eigenvalue weighted by Crippen LogP contribution is 2.35. The molecule has 0 saturated heterocycles. The maximum Gasteiger partial charge on any atom is 0.177 e. The van der Waals surface area contributed by atoms with Gasteiger partial charge in [-0.15, -0.1) is 23.1 Å². The van der Waals surface area contributed by atoms with Gasteiger partial charge in [0.25, 0.3) is 0 Å². The van der Waals surface area contributed by atoms with Crippen LogP contribution in [0.3, 0.4) is 0 Å². The fourth-order valence-corrected chi connectivity index (χ4v) is 2.77. The summed E-state index contributed by atoms with van der Waals surface area (Å²) in [6, 6.07) is 4.74. The maximum atomic E-state index is 12.9. The van der Waals surface area contributed by atoms with Gasteiger partial charge < -0.3 is 5.11 Å². The fourth-order valence-electron chi connectivity index (χ4n) is 1.23. The Morgan fingerprint density at radius 3 is 2.85 bits per heavy atom. The highest BCUT2D eigenvalue weighted by atomic mass is 32.2. The molecule has 0 spiro atoms. The molecule has 0 fully saturated rings. The molecule has 68 valence electrons. The Kier molecular flexibility index (Phi) is 2.17. The van der Waals surface area contributed by atoms with E-state index >= 15 is 0 Å². The third-order valence-electron chi connectivity index (χ3n) is 1.77. The zero-order valence-electron chi connectivity index (χ0n) is 6.87. The van der Waals surface area contributed by atoms with Crippen LogP contribution in [0.25, 0.3) is 10.1 Å². The zero-order valence-corrected chi connectivity index (χ0v) is 8.51. The number of phenols is 1. The fraction of sp³-hybridized carbons (Fsp3) is 0.111. The first-order chi connectivity index (χ1) is 6.20. The molecule has 0 unspecified atom stereocenters. The van der Waals surface area contributed by atoms with E-state index in [1.807, 2.05) is 6.26 Å². The van der Waals surface area contributed by atoms with Crippen LogP contribution in [0.1, 0.15) is 0 Å². The number of phenolic OH excluding ortho intramolecular Hbond substituents is 1. The number of aromatic hydroxyl groups is 1. The van der Waals surface area contributed by atoms with E-state index in [1.165, 1.54) is 17.8 Å². The lowest BCUT2D eigenvalue weighted by atomic mass is 10.2. The smallest absolute Gasteiger partial charge is 0.177 e. The van der Waals surface area contributed by atoms with Gasteiger partial charge in [0.2, 0.25) is 0 Å². The molecule has 0 saturated carbocycles. The minimum absolute atomic E-state index is 0.193. The molecule has 0 radical (unpaired) electrons. The second-order valence-electron chi connectivity index (χ2n) is 2.61. The maximum absolute atomic E-state index is 12.9. The number of hydrogen-bond donors (Lipinski definition) is 1. The van der Waals surface area contributed by atoms with Gasteiger partial charge in [-0.3, -0.25) is 0 Å². The van der Waals surface area contributed by atoms with Crippen molar-refractivity contribution in [2.24, 2.45) is 0 Å². The van der Waals surface area contributed by atoms with Crippen molar-refractivity contribution >= 4 is 33.2 Å². The predicted octanol–water partition coefficient (Wildman–Crippen LogP) is 3.47. The van der Waals surface area contributed by atoms with Gasteiger partial charge in [-0.1, -0.05) is 0 Å². The number of thioether (sulfide) groups is 1. The summed E-state index contributed by atoms with van der Waals surface area (Å²) in [4.78, 5) is 0.912. The molecular formula is C9H7FOS2. The highest BCUT2D eigenvalue weighted by molar-refractivity contribution is 7.98. The number of hydrogen-bond acceptors (Lipinski definition) is 3. The van der Waals surface area contributed by atoms with E-state index in [9.17, 15) is 9.50 Å². The Bertz CT molecular complexity index is 450. The van der Waals surface area contributed by atoms with Crippen LogP contribution in [-0.4, -0.2) is 11.4 Å². The molecule has 2 aromatic rings. The third-order valence-corrected chi connectivity index (χ3v) is 3.42. The van der Waals surface area contributed by atoms with E-state index in [1.54, 1.807) is 12.1 Å². The van der Waals surface area contributed by atoms with Crippen molar-refractivity contribution in [3.63, 3.8) is 0 Å². The van der Waals surface area contributed by atoms with Crippen LogP contribution in [0.2, 0.25) is 0 Å². The monoisotopic (exact) mass is 214 g/mol. The van der Waals surface area contributed by atoms with Crippen molar-refractivity contribution in [2.45, 2.75) is 4.90 Å². The normalized spacial score (nSPS) is 10.9. The highest BCUT2D eigenvalue weighted by Gasteiger charge is 2.07. The average molecular weight is 214 g/mol. The summed E-state index contributed by atoms with van der Waals surface area (Å²) in [5, 5.41) is 9.99. The molecule has 1 aromatic heterocycles. The van der Waals surface area contributed by atoms with Crippen LogP contribution in [0, 0.1) is 5.13 Å². The van der Waals surface area contributed by atoms with Crippen LogP contribution >= 0.6 is 23.1 Å². The third kappa shape index (κ3) is 1.51. The Labute approximate surface area is 83.2 Å². The van der Waals surface area contributed by atoms with Crippen molar-refractivity contribution in [3.8, 4) is 5.75 Å². The lowest BCUT2D eigenvalue weighted by Crippen LogP contribution is -1.71. The van der Waals surface area contributed by atoms with Gasteiger partial charge in [-0.05, 0) is 24.5 Å². The first-order valence-electron chi connectivity index (χ1n) is 3.67. The van der Waals surface area contributed by atoms with E-state index in [4.69, 9.17) is 0 Å². The molecule has 13 heavy (non-hydrogen) atoms.